The van der Waals surface area contributed by atoms with Gasteiger partial charge in [0, 0.05) is 52.9 Å². The first-order chi connectivity index (χ1) is 29.4. The van der Waals surface area contributed by atoms with Gasteiger partial charge in [0.2, 0.25) is 11.1 Å². The van der Waals surface area contributed by atoms with Crippen LogP contribution in [0.2, 0.25) is 0 Å². The maximum atomic E-state index is 13.7. The molecule has 0 saturated carbocycles. The minimum absolute atomic E-state index is 0.000489. The number of halogens is 3. The topological polar surface area (TPSA) is 192 Å². The van der Waals surface area contributed by atoms with Crippen LogP contribution in [0.15, 0.2) is 59.8 Å². The van der Waals surface area contributed by atoms with Crippen LogP contribution in [0.25, 0.3) is 17.0 Å². The normalized spacial score (nSPS) is 11.5. The van der Waals surface area contributed by atoms with Gasteiger partial charge in [0.05, 0.1) is 13.0 Å². The summed E-state index contributed by atoms with van der Waals surface area (Å²) in [6.07, 6.45) is 7.60. The Balaban J connectivity index is 1.11. The molecule has 0 aliphatic heterocycles. The van der Waals surface area contributed by atoms with Crippen molar-refractivity contribution in [2.24, 2.45) is 0 Å². The summed E-state index contributed by atoms with van der Waals surface area (Å²) in [5, 5.41) is 20.8. The number of tetrazole rings is 1. The maximum absolute atomic E-state index is 13.7. The number of fused-ring (bicyclic) bond motifs is 1. The number of para-hydroxylation sites is 1. The molecule has 5 aromatic rings. The Kier molecular flexibility index (Phi) is 17.7. The Bertz CT molecular complexity index is 2180. The second-order valence-electron chi connectivity index (χ2n) is 14.4. The van der Waals surface area contributed by atoms with Crippen molar-refractivity contribution in [2.75, 3.05) is 30.0 Å². The predicted molar refractivity (Wildman–Crippen MR) is 222 cm³/mol. The molecule has 0 bridgehead atoms. The van der Waals surface area contributed by atoms with E-state index in [1.54, 1.807) is 59.2 Å². The van der Waals surface area contributed by atoms with Gasteiger partial charge in [-0.2, -0.15) is 17.8 Å². The van der Waals surface area contributed by atoms with Crippen LogP contribution >= 0.6 is 11.8 Å². The van der Waals surface area contributed by atoms with E-state index < -0.39 is 30.5 Å². The number of benzene rings is 2. The van der Waals surface area contributed by atoms with Gasteiger partial charge >= 0.3 is 18.1 Å². The summed E-state index contributed by atoms with van der Waals surface area (Å²) in [6, 6.07) is 15.8. The van der Waals surface area contributed by atoms with Gasteiger partial charge in [0.1, 0.15) is 6.54 Å². The summed E-state index contributed by atoms with van der Waals surface area (Å²) in [7, 11) is 0. The zero-order chi connectivity index (χ0) is 43.6. The molecule has 16 nitrogen and oxygen atoms in total. The zero-order valence-corrected chi connectivity index (χ0v) is 35.1. The molecule has 328 valence electrons. The number of carbonyl (C=O) groups is 4. The molecule has 0 aliphatic rings. The van der Waals surface area contributed by atoms with E-state index in [1.807, 2.05) is 6.92 Å². The molecule has 3 heterocycles. The van der Waals surface area contributed by atoms with Gasteiger partial charge in [0.25, 0.3) is 5.24 Å². The minimum Gasteiger partial charge on any atom is -0.466 e. The number of hydrogen-bond donors (Lipinski definition) is 2. The molecule has 0 saturated heterocycles. The summed E-state index contributed by atoms with van der Waals surface area (Å²) in [4.78, 5) is 56.7. The van der Waals surface area contributed by atoms with E-state index in [-0.39, 0.29) is 36.4 Å². The fourth-order valence-electron chi connectivity index (χ4n) is 6.38. The molecule has 0 spiro atoms. The largest absolute Gasteiger partial charge is 0.466 e. The Morgan fingerprint density at radius 3 is 2.25 bits per heavy atom. The summed E-state index contributed by atoms with van der Waals surface area (Å²) in [5.74, 6) is -1.49. The number of esters is 2. The van der Waals surface area contributed by atoms with Gasteiger partial charge in [-0.25, -0.2) is 9.67 Å². The van der Waals surface area contributed by atoms with Crippen LogP contribution in [-0.2, 0) is 36.8 Å². The van der Waals surface area contributed by atoms with Crippen LogP contribution in [0.4, 0.5) is 29.3 Å². The lowest BCUT2D eigenvalue weighted by Crippen LogP contribution is -2.30. The number of nitrogens with zero attached hydrogens (tertiary/aromatic N) is 8. The fourth-order valence-corrected chi connectivity index (χ4v) is 7.13. The molecule has 3 aromatic heterocycles. The number of unbranched alkanes of at least 4 members (excludes halogenated alkanes) is 9. The van der Waals surface area contributed by atoms with Crippen molar-refractivity contribution in [3.05, 3.63) is 65.9 Å². The third-order valence-corrected chi connectivity index (χ3v) is 10.4. The molecule has 0 fully saturated rings. The molecule has 0 radical (unpaired) electrons. The van der Waals surface area contributed by atoms with E-state index in [0.717, 1.165) is 35.2 Å². The summed E-state index contributed by atoms with van der Waals surface area (Å²) < 4.78 is 49.5. The van der Waals surface area contributed by atoms with E-state index in [0.29, 0.717) is 53.2 Å². The number of anilines is 2. The predicted octanol–water partition coefficient (Wildman–Crippen LogP) is 8.27. The van der Waals surface area contributed by atoms with E-state index in [2.05, 4.69) is 42.7 Å². The van der Waals surface area contributed by atoms with Crippen molar-refractivity contribution in [2.45, 2.75) is 115 Å². The van der Waals surface area contributed by atoms with Crippen molar-refractivity contribution in [3.8, 4) is 11.4 Å². The van der Waals surface area contributed by atoms with E-state index in [1.165, 1.54) is 49.8 Å². The van der Waals surface area contributed by atoms with Crippen molar-refractivity contribution in [1.82, 2.24) is 40.0 Å². The molecule has 2 aromatic carbocycles. The number of alkyl halides is 3. The lowest BCUT2D eigenvalue weighted by atomic mass is 10.1. The molecule has 61 heavy (non-hydrogen) atoms. The third-order valence-electron chi connectivity index (χ3n) is 9.57. The second kappa shape index (κ2) is 23.3. The fraction of sp³-hybridized carbons (Fsp3) is 0.488. The number of aryl methyl sites for hydroxylation is 1. The number of H-pyrrole nitrogens is 1. The van der Waals surface area contributed by atoms with E-state index in [9.17, 15) is 32.3 Å². The highest BCUT2D eigenvalue weighted by Crippen LogP contribution is 2.27. The van der Waals surface area contributed by atoms with E-state index >= 15 is 0 Å². The number of ether oxygens (including phenoxy) is 2. The molecule has 2 amide bonds. The molecule has 2 N–H and O–H groups in total. The number of nitrogens with one attached hydrogen (secondary N) is 2. The molecule has 5 rings (SSSR count). The first-order valence-corrected chi connectivity index (χ1v) is 21.2. The lowest BCUT2D eigenvalue weighted by molar-refractivity contribution is -0.186. The average Bonchev–Trinajstić information content (AvgIpc) is 3.93. The van der Waals surface area contributed by atoms with Crippen LogP contribution in [0, 0.1) is 6.92 Å². The highest BCUT2D eigenvalue weighted by Gasteiger charge is 2.30. The van der Waals surface area contributed by atoms with Crippen LogP contribution in [0.3, 0.4) is 0 Å². The molecule has 20 heteroatoms. The first kappa shape index (κ1) is 46.3. The quantitative estimate of drug-likeness (QED) is 0.0343. The van der Waals surface area contributed by atoms with Gasteiger partial charge < -0.3 is 19.7 Å². The monoisotopic (exact) mass is 868 g/mol. The van der Waals surface area contributed by atoms with Gasteiger partial charge in [0.15, 0.2) is 18.1 Å². The second-order valence-corrected chi connectivity index (χ2v) is 15.3. The Hall–Kier alpha value is -5.79. The summed E-state index contributed by atoms with van der Waals surface area (Å²) in [6.45, 7) is 2.14. The average molecular weight is 869 g/mol. The molecule has 0 atom stereocenters. The molecular weight excluding hydrogens is 818 g/mol. The number of rotatable bonds is 24. The first-order valence-electron chi connectivity index (χ1n) is 20.4. The number of thioether (sulfide) groups is 1. The summed E-state index contributed by atoms with van der Waals surface area (Å²) in [5.41, 5.74) is 3.90. The van der Waals surface area contributed by atoms with Crippen molar-refractivity contribution in [1.29, 1.82) is 0 Å². The zero-order valence-electron chi connectivity index (χ0n) is 34.3. The number of hydrogen-bond acceptors (Lipinski definition) is 12. The third kappa shape index (κ3) is 15.0. The summed E-state index contributed by atoms with van der Waals surface area (Å²) >= 11 is 0.604. The lowest BCUT2D eigenvalue weighted by Gasteiger charge is -2.22. The van der Waals surface area contributed by atoms with Gasteiger partial charge in [-0.15, -0.1) is 10.2 Å². The SMILES string of the molecule is CCCCCCCCCCCCOC(=O)CCC(=O)Nc1ccc(-c2nc3c(CCN(C(=O)Sc4nnnn4CC(=O)OCC(F)(F)F)c4ccccc4)c(C)[nH]n3n2)cc1. The number of amides is 2. The minimum atomic E-state index is -4.70. The Labute approximate surface area is 355 Å². The van der Waals surface area contributed by atoms with Crippen LogP contribution in [0.5, 0.6) is 0 Å². The van der Waals surface area contributed by atoms with Gasteiger partial charge in [-0.3, -0.25) is 24.3 Å². The van der Waals surface area contributed by atoms with Crippen molar-refractivity contribution < 1.29 is 41.8 Å². The smallest absolute Gasteiger partial charge is 0.422 e. The Morgan fingerprint density at radius 2 is 1.56 bits per heavy atom. The number of aromatic amines is 1. The van der Waals surface area contributed by atoms with Gasteiger partial charge in [-0.05, 0) is 66.6 Å². The van der Waals surface area contributed by atoms with Crippen LogP contribution < -0.4 is 10.2 Å². The van der Waals surface area contributed by atoms with Crippen LogP contribution in [0.1, 0.15) is 95.2 Å². The highest BCUT2D eigenvalue weighted by atomic mass is 32.2. The standard InChI is InChI=1S/C41H51F3N10O6S/c1-3-4-5-6-7-8-9-10-11-15-26-59-35(56)23-22-34(55)45-31-20-18-30(19-21-31)37-46-38-33(29(2)48-54(38)49-37)24-25-52(32-16-13-12-14-17-32)40(58)61-39-47-50-51-53(39)27-36(57)60-28-41(42,43)44/h12-14,16-21,48H,3-11,15,22-28H2,1-2H3,(H,45,55). The van der Waals surface area contributed by atoms with Crippen molar-refractivity contribution >= 4 is 51.9 Å². The van der Waals surface area contributed by atoms with Crippen LogP contribution in [-0.4, -0.2) is 89.0 Å². The van der Waals surface area contributed by atoms with Crippen molar-refractivity contribution in [3.63, 3.8) is 0 Å². The van der Waals surface area contributed by atoms with E-state index in [4.69, 9.17) is 9.72 Å². The number of carbonyl (C=O) groups excluding carboxylic acids is 4. The Morgan fingerprint density at radius 1 is 0.869 bits per heavy atom. The molecule has 0 aliphatic carbocycles. The maximum Gasteiger partial charge on any atom is 0.422 e. The highest BCUT2D eigenvalue weighted by molar-refractivity contribution is 8.13. The van der Waals surface area contributed by atoms with Gasteiger partial charge in [-0.1, -0.05) is 82.9 Å². The molecule has 0 unspecified atom stereocenters. The number of aromatic nitrogens is 8. The molecular formula is C41H51F3N10O6S.